The molecule has 1 fully saturated rings. The summed E-state index contributed by atoms with van der Waals surface area (Å²) in [5.41, 5.74) is 0.439. The Bertz CT molecular complexity index is 807. The molecule has 0 aliphatic carbocycles. The second kappa shape index (κ2) is 7.78. The summed E-state index contributed by atoms with van der Waals surface area (Å²) in [4.78, 5) is 14.1. The van der Waals surface area contributed by atoms with Crippen molar-refractivity contribution in [1.29, 1.82) is 0 Å². The predicted octanol–water partition coefficient (Wildman–Crippen LogP) is 3.54. The molecule has 0 radical (unpaired) electrons. The molecule has 1 aliphatic heterocycles. The van der Waals surface area contributed by atoms with Crippen molar-refractivity contribution in [3.63, 3.8) is 0 Å². The molecule has 0 spiro atoms. The summed E-state index contributed by atoms with van der Waals surface area (Å²) >= 11 is 0. The SMILES string of the molecule is CN(c1cc(NC(=O)c2ccc(F)cc2F)ccc1F)C1CCNCC1. The van der Waals surface area contributed by atoms with Crippen molar-refractivity contribution < 1.29 is 18.0 Å². The Hall–Kier alpha value is -2.54. The van der Waals surface area contributed by atoms with E-state index < -0.39 is 23.4 Å². The zero-order chi connectivity index (χ0) is 18.7. The maximum atomic E-state index is 14.3. The van der Waals surface area contributed by atoms with Gasteiger partial charge in [-0.1, -0.05) is 0 Å². The smallest absolute Gasteiger partial charge is 0.258 e. The topological polar surface area (TPSA) is 44.4 Å². The Morgan fingerprint density at radius 2 is 1.81 bits per heavy atom. The third-order valence-corrected chi connectivity index (χ3v) is 4.62. The first-order valence-corrected chi connectivity index (χ1v) is 8.45. The number of nitrogens with one attached hydrogen (secondary N) is 2. The standard InChI is InChI=1S/C19H20F3N3O/c1-25(14-6-8-23-9-7-14)18-11-13(3-5-16(18)21)24-19(26)15-4-2-12(20)10-17(15)22/h2-5,10-11,14,23H,6-9H2,1H3,(H,24,26). The van der Waals surface area contributed by atoms with Gasteiger partial charge in [-0.15, -0.1) is 0 Å². The first-order valence-electron chi connectivity index (χ1n) is 8.45. The van der Waals surface area contributed by atoms with Crippen molar-refractivity contribution in [3.8, 4) is 0 Å². The molecule has 0 atom stereocenters. The van der Waals surface area contributed by atoms with E-state index in [-0.39, 0.29) is 11.6 Å². The number of hydrogen-bond donors (Lipinski definition) is 2. The molecule has 2 aromatic carbocycles. The van der Waals surface area contributed by atoms with Gasteiger partial charge in [-0.3, -0.25) is 4.79 Å². The number of halogens is 3. The van der Waals surface area contributed by atoms with E-state index in [9.17, 15) is 18.0 Å². The summed E-state index contributed by atoms with van der Waals surface area (Å²) in [6, 6.07) is 7.14. The summed E-state index contributed by atoms with van der Waals surface area (Å²) in [5, 5.41) is 5.80. The highest BCUT2D eigenvalue weighted by Gasteiger charge is 2.21. The fourth-order valence-corrected chi connectivity index (χ4v) is 3.12. The molecule has 4 nitrogen and oxygen atoms in total. The number of anilines is 2. The minimum absolute atomic E-state index is 0.200. The van der Waals surface area contributed by atoms with Crippen LogP contribution < -0.4 is 15.5 Å². The lowest BCUT2D eigenvalue weighted by molar-refractivity contribution is 0.102. The number of carbonyl (C=O) groups excluding carboxylic acids is 1. The van der Waals surface area contributed by atoms with Gasteiger partial charge >= 0.3 is 0 Å². The molecule has 0 bridgehead atoms. The van der Waals surface area contributed by atoms with Crippen molar-refractivity contribution in [3.05, 3.63) is 59.4 Å². The van der Waals surface area contributed by atoms with E-state index in [1.165, 1.54) is 18.2 Å². The van der Waals surface area contributed by atoms with E-state index in [2.05, 4.69) is 10.6 Å². The molecule has 0 aromatic heterocycles. The van der Waals surface area contributed by atoms with Crippen LogP contribution in [0.15, 0.2) is 36.4 Å². The van der Waals surface area contributed by atoms with Crippen LogP contribution in [0, 0.1) is 17.5 Å². The van der Waals surface area contributed by atoms with Gasteiger partial charge in [0, 0.05) is 24.8 Å². The van der Waals surface area contributed by atoms with E-state index in [1.54, 1.807) is 0 Å². The zero-order valence-corrected chi connectivity index (χ0v) is 14.4. The Morgan fingerprint density at radius 1 is 1.08 bits per heavy atom. The highest BCUT2D eigenvalue weighted by atomic mass is 19.1. The number of rotatable bonds is 4. The van der Waals surface area contributed by atoms with Gasteiger partial charge in [-0.05, 0) is 56.3 Å². The molecule has 0 saturated carbocycles. The van der Waals surface area contributed by atoms with Crippen LogP contribution in [0.4, 0.5) is 24.5 Å². The van der Waals surface area contributed by atoms with Gasteiger partial charge in [0.2, 0.25) is 0 Å². The van der Waals surface area contributed by atoms with Crippen LogP contribution in [-0.4, -0.2) is 32.1 Å². The van der Waals surface area contributed by atoms with Crippen LogP contribution in [0.1, 0.15) is 23.2 Å². The van der Waals surface area contributed by atoms with Crippen molar-refractivity contribution >= 4 is 17.3 Å². The second-order valence-corrected chi connectivity index (χ2v) is 6.34. The number of benzene rings is 2. The van der Waals surface area contributed by atoms with Crippen molar-refractivity contribution in [2.75, 3.05) is 30.4 Å². The minimum Gasteiger partial charge on any atom is -0.369 e. The lowest BCUT2D eigenvalue weighted by Crippen LogP contribution is -2.41. The molecule has 2 aromatic rings. The Morgan fingerprint density at radius 3 is 2.50 bits per heavy atom. The molecular formula is C19H20F3N3O. The fraction of sp³-hybridized carbons (Fsp3) is 0.316. The van der Waals surface area contributed by atoms with E-state index in [0.29, 0.717) is 17.4 Å². The number of nitrogens with zero attached hydrogens (tertiary/aromatic N) is 1. The monoisotopic (exact) mass is 363 g/mol. The van der Waals surface area contributed by atoms with Gasteiger partial charge in [0.1, 0.15) is 17.5 Å². The Labute approximate surface area is 150 Å². The highest BCUT2D eigenvalue weighted by molar-refractivity contribution is 6.04. The Kier molecular flexibility index (Phi) is 5.46. The predicted molar refractivity (Wildman–Crippen MR) is 95.0 cm³/mol. The van der Waals surface area contributed by atoms with Crippen LogP contribution in [-0.2, 0) is 0 Å². The molecule has 1 saturated heterocycles. The molecule has 1 amide bonds. The van der Waals surface area contributed by atoms with Crippen LogP contribution in [0.2, 0.25) is 0 Å². The Balaban J connectivity index is 1.79. The van der Waals surface area contributed by atoms with E-state index in [1.807, 2.05) is 11.9 Å². The first-order chi connectivity index (χ1) is 12.5. The summed E-state index contributed by atoms with van der Waals surface area (Å²) in [6.45, 7) is 1.74. The van der Waals surface area contributed by atoms with Crippen molar-refractivity contribution in [2.24, 2.45) is 0 Å². The third kappa shape index (κ3) is 3.99. The van der Waals surface area contributed by atoms with E-state index in [0.717, 1.165) is 38.1 Å². The van der Waals surface area contributed by atoms with Gasteiger partial charge in [-0.2, -0.15) is 0 Å². The quantitative estimate of drug-likeness (QED) is 0.873. The van der Waals surface area contributed by atoms with Crippen LogP contribution in [0.5, 0.6) is 0 Å². The van der Waals surface area contributed by atoms with E-state index >= 15 is 0 Å². The largest absolute Gasteiger partial charge is 0.369 e. The zero-order valence-electron chi connectivity index (χ0n) is 14.4. The second-order valence-electron chi connectivity index (χ2n) is 6.34. The molecule has 7 heteroatoms. The molecule has 1 heterocycles. The molecule has 0 unspecified atom stereocenters. The molecule has 3 rings (SSSR count). The molecule has 138 valence electrons. The average Bonchev–Trinajstić information content (AvgIpc) is 2.63. The summed E-state index contributed by atoms with van der Waals surface area (Å²) in [7, 11) is 1.82. The van der Waals surface area contributed by atoms with E-state index in [4.69, 9.17) is 0 Å². The summed E-state index contributed by atoms with van der Waals surface area (Å²) < 4.78 is 41.0. The van der Waals surface area contributed by atoms with Gasteiger partial charge in [0.05, 0.1) is 11.3 Å². The van der Waals surface area contributed by atoms with Gasteiger partial charge in [0.25, 0.3) is 5.91 Å². The molecule has 26 heavy (non-hydrogen) atoms. The molecule has 1 aliphatic rings. The number of hydrogen-bond acceptors (Lipinski definition) is 3. The fourth-order valence-electron chi connectivity index (χ4n) is 3.12. The highest BCUT2D eigenvalue weighted by Crippen LogP contribution is 2.27. The summed E-state index contributed by atoms with van der Waals surface area (Å²) in [5.74, 6) is -2.81. The average molecular weight is 363 g/mol. The molecular weight excluding hydrogens is 343 g/mol. The third-order valence-electron chi connectivity index (χ3n) is 4.62. The van der Waals surface area contributed by atoms with Gasteiger partial charge in [0.15, 0.2) is 0 Å². The minimum atomic E-state index is -0.948. The van der Waals surface area contributed by atoms with Gasteiger partial charge < -0.3 is 15.5 Å². The first kappa shape index (κ1) is 18.3. The van der Waals surface area contributed by atoms with Crippen molar-refractivity contribution in [2.45, 2.75) is 18.9 Å². The number of amides is 1. The van der Waals surface area contributed by atoms with Gasteiger partial charge in [-0.25, -0.2) is 13.2 Å². The maximum Gasteiger partial charge on any atom is 0.258 e. The van der Waals surface area contributed by atoms with Crippen LogP contribution in [0.25, 0.3) is 0 Å². The lowest BCUT2D eigenvalue weighted by atomic mass is 10.0. The van der Waals surface area contributed by atoms with Crippen LogP contribution in [0.3, 0.4) is 0 Å². The van der Waals surface area contributed by atoms with Crippen LogP contribution >= 0.6 is 0 Å². The maximum absolute atomic E-state index is 14.3. The molecule has 2 N–H and O–H groups in total. The lowest BCUT2D eigenvalue weighted by Gasteiger charge is -2.33. The van der Waals surface area contributed by atoms with Crippen molar-refractivity contribution in [1.82, 2.24) is 5.32 Å². The number of carbonyl (C=O) groups is 1. The normalized spacial score (nSPS) is 14.9. The summed E-state index contributed by atoms with van der Waals surface area (Å²) in [6.07, 6.45) is 1.79. The number of piperidine rings is 1.